The van der Waals surface area contributed by atoms with E-state index < -0.39 is 0 Å². The number of hydrogen-bond donors (Lipinski definition) is 1. The van der Waals surface area contributed by atoms with E-state index in [1.807, 2.05) is 56.3 Å². The third-order valence-electron chi connectivity index (χ3n) is 5.81. The zero-order chi connectivity index (χ0) is 21.8. The normalized spacial score (nSPS) is 16.1. The number of methoxy groups -OCH3 is 1. The Kier molecular flexibility index (Phi) is 6.16. The molecule has 160 valence electrons. The zero-order valence-corrected chi connectivity index (χ0v) is 18.3. The van der Waals surface area contributed by atoms with E-state index in [0.29, 0.717) is 6.54 Å². The van der Waals surface area contributed by atoms with Gasteiger partial charge in [0.05, 0.1) is 18.7 Å². The van der Waals surface area contributed by atoms with Gasteiger partial charge in [-0.3, -0.25) is 4.79 Å². The molecule has 6 heteroatoms. The molecule has 1 aliphatic heterocycles. The van der Waals surface area contributed by atoms with Gasteiger partial charge in [0.25, 0.3) is 0 Å². The maximum absolute atomic E-state index is 13.0. The van der Waals surface area contributed by atoms with Crippen molar-refractivity contribution in [3.63, 3.8) is 0 Å². The molecule has 1 fully saturated rings. The van der Waals surface area contributed by atoms with Crippen LogP contribution in [0.4, 0.5) is 11.5 Å². The van der Waals surface area contributed by atoms with Crippen LogP contribution in [0.15, 0.2) is 54.9 Å². The average Bonchev–Trinajstić information content (AvgIpc) is 2.81. The Labute approximate surface area is 183 Å². The van der Waals surface area contributed by atoms with Crippen LogP contribution in [0.3, 0.4) is 0 Å². The van der Waals surface area contributed by atoms with Crippen LogP contribution in [-0.2, 0) is 4.79 Å². The Morgan fingerprint density at radius 3 is 2.68 bits per heavy atom. The van der Waals surface area contributed by atoms with E-state index in [2.05, 4.69) is 26.3 Å². The highest BCUT2D eigenvalue weighted by molar-refractivity contribution is 5.93. The third kappa shape index (κ3) is 4.85. The first-order chi connectivity index (χ1) is 15.0. The molecule has 31 heavy (non-hydrogen) atoms. The Morgan fingerprint density at radius 1 is 1.10 bits per heavy atom. The fourth-order valence-electron chi connectivity index (χ4n) is 3.94. The summed E-state index contributed by atoms with van der Waals surface area (Å²) in [5.41, 5.74) is 4.97. The van der Waals surface area contributed by atoms with Gasteiger partial charge in [0.2, 0.25) is 5.91 Å². The first kappa shape index (κ1) is 20.8. The number of benzene rings is 2. The van der Waals surface area contributed by atoms with Gasteiger partial charge < -0.3 is 15.0 Å². The SMILES string of the molecule is COc1ccc(-c2cc(N3CCCC(C(=O)Nc4cc(C)ccc4C)C3)ncn2)cc1. The van der Waals surface area contributed by atoms with Crippen molar-refractivity contribution in [3.05, 3.63) is 66.0 Å². The monoisotopic (exact) mass is 416 g/mol. The summed E-state index contributed by atoms with van der Waals surface area (Å²) in [5.74, 6) is 1.66. The van der Waals surface area contributed by atoms with E-state index in [0.717, 1.165) is 59.0 Å². The lowest BCUT2D eigenvalue weighted by atomic mass is 9.96. The minimum atomic E-state index is -0.0759. The molecule has 6 nitrogen and oxygen atoms in total. The van der Waals surface area contributed by atoms with Gasteiger partial charge in [-0.2, -0.15) is 0 Å². The molecule has 2 heterocycles. The summed E-state index contributed by atoms with van der Waals surface area (Å²) in [6.45, 7) is 5.58. The molecule has 3 aromatic rings. The number of carbonyl (C=O) groups excluding carboxylic acids is 1. The van der Waals surface area contributed by atoms with Crippen molar-refractivity contribution >= 4 is 17.4 Å². The molecule has 0 spiro atoms. The Balaban J connectivity index is 1.48. The van der Waals surface area contributed by atoms with Crippen LogP contribution < -0.4 is 15.0 Å². The van der Waals surface area contributed by atoms with Crippen LogP contribution in [0.5, 0.6) is 5.75 Å². The predicted octanol–water partition coefficient (Wildman–Crippen LogP) is 4.62. The number of nitrogens with one attached hydrogen (secondary N) is 1. The topological polar surface area (TPSA) is 67.3 Å². The van der Waals surface area contributed by atoms with Crippen molar-refractivity contribution in [1.82, 2.24) is 9.97 Å². The van der Waals surface area contributed by atoms with E-state index in [1.165, 1.54) is 0 Å². The van der Waals surface area contributed by atoms with Crippen LogP contribution in [0, 0.1) is 19.8 Å². The standard InChI is InChI=1S/C25H28N4O2/c1-17-6-7-18(2)22(13-17)28-25(30)20-5-4-12-29(15-20)24-14-23(26-16-27-24)19-8-10-21(31-3)11-9-19/h6-11,13-14,16,20H,4-5,12,15H2,1-3H3,(H,28,30). The number of aryl methyl sites for hydroxylation is 2. The van der Waals surface area contributed by atoms with Crippen LogP contribution in [-0.4, -0.2) is 36.1 Å². The summed E-state index contributed by atoms with van der Waals surface area (Å²) >= 11 is 0. The Hall–Kier alpha value is -3.41. The number of aromatic nitrogens is 2. The average molecular weight is 417 g/mol. The lowest BCUT2D eigenvalue weighted by molar-refractivity contribution is -0.120. The van der Waals surface area contributed by atoms with Crippen LogP contribution in [0.1, 0.15) is 24.0 Å². The Bertz CT molecular complexity index is 1070. The smallest absolute Gasteiger partial charge is 0.229 e. The lowest BCUT2D eigenvalue weighted by Gasteiger charge is -2.33. The number of carbonyl (C=O) groups is 1. The second-order valence-corrected chi connectivity index (χ2v) is 8.08. The van der Waals surface area contributed by atoms with Gasteiger partial charge >= 0.3 is 0 Å². The van der Waals surface area contributed by atoms with E-state index in [4.69, 9.17) is 4.74 Å². The first-order valence-electron chi connectivity index (χ1n) is 10.6. The first-order valence-corrected chi connectivity index (χ1v) is 10.6. The van der Waals surface area contributed by atoms with Gasteiger partial charge in [-0.15, -0.1) is 0 Å². The van der Waals surface area contributed by atoms with Gasteiger partial charge in [-0.25, -0.2) is 9.97 Å². The second-order valence-electron chi connectivity index (χ2n) is 8.08. The number of nitrogens with zero attached hydrogens (tertiary/aromatic N) is 3. The summed E-state index contributed by atoms with van der Waals surface area (Å²) in [5, 5.41) is 3.13. The van der Waals surface area contributed by atoms with Gasteiger partial charge in [0, 0.05) is 30.4 Å². The maximum atomic E-state index is 13.0. The van der Waals surface area contributed by atoms with Crippen molar-refractivity contribution < 1.29 is 9.53 Å². The summed E-state index contributed by atoms with van der Waals surface area (Å²) in [6, 6.07) is 15.9. The number of ether oxygens (including phenoxy) is 1. The number of amides is 1. The van der Waals surface area contributed by atoms with Crippen molar-refractivity contribution in [1.29, 1.82) is 0 Å². The van der Waals surface area contributed by atoms with E-state index in [1.54, 1.807) is 13.4 Å². The second kappa shape index (κ2) is 9.16. The predicted molar refractivity (Wildman–Crippen MR) is 124 cm³/mol. The van der Waals surface area contributed by atoms with Crippen molar-refractivity contribution in [2.45, 2.75) is 26.7 Å². The highest BCUT2D eigenvalue weighted by Gasteiger charge is 2.27. The van der Waals surface area contributed by atoms with E-state index in [-0.39, 0.29) is 11.8 Å². The van der Waals surface area contributed by atoms with Gasteiger partial charge in [0.1, 0.15) is 17.9 Å². The summed E-state index contributed by atoms with van der Waals surface area (Å²) in [4.78, 5) is 24.1. The zero-order valence-electron chi connectivity index (χ0n) is 18.3. The van der Waals surface area contributed by atoms with Crippen molar-refractivity contribution in [2.75, 3.05) is 30.4 Å². The molecule has 0 radical (unpaired) electrons. The molecule has 0 aliphatic carbocycles. The summed E-state index contributed by atoms with van der Waals surface area (Å²) in [6.07, 6.45) is 3.42. The van der Waals surface area contributed by atoms with Crippen molar-refractivity contribution in [2.24, 2.45) is 5.92 Å². The molecule has 1 unspecified atom stereocenters. The lowest BCUT2D eigenvalue weighted by Crippen LogP contribution is -2.41. The molecule has 1 aromatic heterocycles. The molecule has 0 saturated carbocycles. The highest BCUT2D eigenvalue weighted by atomic mass is 16.5. The number of rotatable bonds is 5. The van der Waals surface area contributed by atoms with Crippen LogP contribution >= 0.6 is 0 Å². The molecule has 2 aromatic carbocycles. The largest absolute Gasteiger partial charge is 0.497 e. The van der Waals surface area contributed by atoms with Crippen LogP contribution in [0.2, 0.25) is 0 Å². The fraction of sp³-hybridized carbons (Fsp3) is 0.320. The van der Waals surface area contributed by atoms with Gasteiger partial charge in [0.15, 0.2) is 0 Å². The number of anilines is 2. The fourth-order valence-corrected chi connectivity index (χ4v) is 3.94. The molecule has 1 saturated heterocycles. The molecule has 1 atom stereocenters. The third-order valence-corrected chi connectivity index (χ3v) is 5.81. The maximum Gasteiger partial charge on any atom is 0.229 e. The molecule has 1 amide bonds. The Morgan fingerprint density at radius 2 is 1.90 bits per heavy atom. The number of piperidine rings is 1. The molecule has 1 aliphatic rings. The minimum Gasteiger partial charge on any atom is -0.497 e. The molecule has 4 rings (SSSR count). The molecule has 0 bridgehead atoms. The summed E-state index contributed by atoms with van der Waals surface area (Å²) in [7, 11) is 1.65. The quantitative estimate of drug-likeness (QED) is 0.657. The molecular weight excluding hydrogens is 388 g/mol. The summed E-state index contributed by atoms with van der Waals surface area (Å²) < 4.78 is 5.24. The molecular formula is C25H28N4O2. The van der Waals surface area contributed by atoms with E-state index >= 15 is 0 Å². The highest BCUT2D eigenvalue weighted by Crippen LogP contribution is 2.27. The number of hydrogen-bond acceptors (Lipinski definition) is 5. The van der Waals surface area contributed by atoms with Gasteiger partial charge in [-0.1, -0.05) is 12.1 Å². The van der Waals surface area contributed by atoms with Crippen molar-refractivity contribution in [3.8, 4) is 17.0 Å². The minimum absolute atomic E-state index is 0.0721. The molecule has 1 N–H and O–H groups in total. The van der Waals surface area contributed by atoms with E-state index in [9.17, 15) is 4.79 Å². The van der Waals surface area contributed by atoms with Crippen LogP contribution in [0.25, 0.3) is 11.3 Å². The van der Waals surface area contributed by atoms with Gasteiger partial charge in [-0.05, 0) is 68.1 Å².